The smallest absolute Gasteiger partial charge is 0.122 e. The Kier molecular flexibility index (Phi) is 3.84. The van der Waals surface area contributed by atoms with Gasteiger partial charge in [-0.25, -0.2) is 4.79 Å². The van der Waals surface area contributed by atoms with Crippen molar-refractivity contribution in [2.45, 2.75) is 3.74 Å². The molecule has 0 spiro atoms. The van der Waals surface area contributed by atoms with Crippen molar-refractivity contribution in [2.24, 2.45) is 0 Å². The first-order valence-electron chi connectivity index (χ1n) is 1.26. The van der Waals surface area contributed by atoms with E-state index in [2.05, 4.69) is 31.9 Å². The third-order valence-corrected chi connectivity index (χ3v) is 0.723. The van der Waals surface area contributed by atoms with Gasteiger partial charge in [0.05, 0.1) is 3.74 Å². The van der Waals surface area contributed by atoms with E-state index < -0.39 is 0 Å². The van der Waals surface area contributed by atoms with E-state index in [1.807, 2.05) is 0 Å². The van der Waals surface area contributed by atoms with Crippen molar-refractivity contribution in [3.8, 4) is 0 Å². The van der Waals surface area contributed by atoms with Gasteiger partial charge in [-0.3, -0.25) is 0 Å². The predicted octanol–water partition coefficient (Wildman–Crippen LogP) is 1.49. The molecule has 34 valence electrons. The van der Waals surface area contributed by atoms with Crippen LogP contribution in [-0.4, -0.2) is 9.68 Å². The van der Waals surface area contributed by atoms with Crippen molar-refractivity contribution in [2.75, 3.05) is 0 Å². The van der Waals surface area contributed by atoms with E-state index in [1.54, 1.807) is 5.94 Å². The second kappa shape index (κ2) is 3.59. The Balaban J connectivity index is 3.29. The monoisotopic (exact) mass is 212 g/mol. The molecule has 6 heavy (non-hydrogen) atoms. The number of halogens is 2. The number of rotatable bonds is 1. The van der Waals surface area contributed by atoms with Gasteiger partial charge in [0.25, 0.3) is 0 Å². The first-order valence-corrected chi connectivity index (χ1v) is 3.09. The van der Waals surface area contributed by atoms with Crippen molar-refractivity contribution < 1.29 is 4.79 Å². The molecule has 0 rings (SSSR count). The standard InChI is InChI=1S/C3H2Br2O/c4-3(5)1-2-6/h1,3H. The van der Waals surface area contributed by atoms with Crippen LogP contribution in [0.4, 0.5) is 0 Å². The molecule has 0 unspecified atom stereocenters. The summed E-state index contributed by atoms with van der Waals surface area (Å²) in [6.07, 6.45) is 1.32. The minimum Gasteiger partial charge on any atom is -0.234 e. The fraction of sp³-hybridized carbons (Fsp3) is 0.333. The summed E-state index contributed by atoms with van der Waals surface area (Å²) in [7, 11) is 0. The first kappa shape index (κ1) is 6.41. The van der Waals surface area contributed by atoms with Gasteiger partial charge >= 0.3 is 0 Å². The second-order valence-electron chi connectivity index (χ2n) is 0.619. The summed E-state index contributed by atoms with van der Waals surface area (Å²) in [5.74, 6) is 1.60. The molecule has 0 aromatic carbocycles. The van der Waals surface area contributed by atoms with E-state index in [1.165, 1.54) is 6.08 Å². The lowest BCUT2D eigenvalue weighted by atomic mass is 10.8. The van der Waals surface area contributed by atoms with Crippen LogP contribution in [0.2, 0.25) is 0 Å². The van der Waals surface area contributed by atoms with Crippen LogP contribution in [0.25, 0.3) is 0 Å². The molecular weight excluding hydrogens is 212 g/mol. The maximum Gasteiger partial charge on any atom is 0.122 e. The molecule has 0 aromatic heterocycles. The molecule has 0 aromatic rings. The third-order valence-electron chi connectivity index (χ3n) is 0.194. The van der Waals surface area contributed by atoms with Gasteiger partial charge in [-0.1, -0.05) is 31.9 Å². The fourth-order valence-corrected chi connectivity index (χ4v) is 0.267. The number of allylic oxidation sites excluding steroid dienone is 1. The molecule has 0 bridgehead atoms. The van der Waals surface area contributed by atoms with Crippen LogP contribution in [0.15, 0.2) is 6.08 Å². The zero-order valence-corrected chi connectivity index (χ0v) is 5.99. The fourth-order valence-electron chi connectivity index (χ4n) is 0.0514. The van der Waals surface area contributed by atoms with Crippen molar-refractivity contribution in [1.29, 1.82) is 0 Å². The molecule has 0 aliphatic carbocycles. The van der Waals surface area contributed by atoms with Gasteiger partial charge in [-0.2, -0.15) is 0 Å². The van der Waals surface area contributed by atoms with Gasteiger partial charge in [0.1, 0.15) is 5.94 Å². The van der Waals surface area contributed by atoms with Crippen LogP contribution < -0.4 is 0 Å². The minimum atomic E-state index is -0.0255. The lowest BCUT2D eigenvalue weighted by Gasteiger charge is -1.76. The van der Waals surface area contributed by atoms with Crippen LogP contribution in [-0.2, 0) is 4.79 Å². The maximum atomic E-state index is 9.37. The molecule has 0 saturated heterocycles. The molecule has 1 nitrogen and oxygen atoms in total. The number of hydrogen-bond acceptors (Lipinski definition) is 1. The zero-order chi connectivity index (χ0) is 4.99. The predicted molar refractivity (Wildman–Crippen MR) is 31.9 cm³/mol. The summed E-state index contributed by atoms with van der Waals surface area (Å²) in [5, 5.41) is 0. The molecule has 0 saturated carbocycles. The minimum absolute atomic E-state index is 0.0255. The summed E-state index contributed by atoms with van der Waals surface area (Å²) >= 11 is 6.07. The molecule has 0 N–H and O–H groups in total. The molecule has 0 aliphatic heterocycles. The quantitative estimate of drug-likeness (QED) is 0.477. The number of hydrogen-bond donors (Lipinski definition) is 0. The number of carbonyl (C=O) groups excluding carboxylic acids is 1. The second-order valence-corrected chi connectivity index (χ2v) is 3.82. The number of alkyl halides is 2. The summed E-state index contributed by atoms with van der Waals surface area (Å²) in [6, 6.07) is 0. The third kappa shape index (κ3) is 4.41. The van der Waals surface area contributed by atoms with E-state index >= 15 is 0 Å². The summed E-state index contributed by atoms with van der Waals surface area (Å²) in [6.45, 7) is 0. The lowest BCUT2D eigenvalue weighted by molar-refractivity contribution is 0.568. The Hall–Kier alpha value is 0.410. The van der Waals surface area contributed by atoms with Gasteiger partial charge in [-0.15, -0.1) is 0 Å². The first-order chi connectivity index (χ1) is 2.77. The SMILES string of the molecule is O=C=CC(Br)Br. The molecule has 0 aliphatic rings. The molecular formula is C3H2Br2O. The van der Waals surface area contributed by atoms with Crippen LogP contribution in [0.3, 0.4) is 0 Å². The Morgan fingerprint density at radius 3 is 2.17 bits per heavy atom. The largest absolute Gasteiger partial charge is 0.234 e. The molecule has 0 radical (unpaired) electrons. The van der Waals surface area contributed by atoms with Crippen LogP contribution in [0.1, 0.15) is 0 Å². The van der Waals surface area contributed by atoms with Crippen molar-refractivity contribution in [1.82, 2.24) is 0 Å². The van der Waals surface area contributed by atoms with Crippen molar-refractivity contribution in [3.63, 3.8) is 0 Å². The highest BCUT2D eigenvalue weighted by Crippen LogP contribution is 2.06. The highest BCUT2D eigenvalue weighted by atomic mass is 79.9. The molecule has 0 amide bonds. The summed E-state index contributed by atoms with van der Waals surface area (Å²) in [5.41, 5.74) is 0. The molecule has 0 fully saturated rings. The average molecular weight is 214 g/mol. The van der Waals surface area contributed by atoms with Crippen molar-refractivity contribution in [3.05, 3.63) is 6.08 Å². The van der Waals surface area contributed by atoms with Crippen LogP contribution >= 0.6 is 31.9 Å². The van der Waals surface area contributed by atoms with Gasteiger partial charge in [0.15, 0.2) is 0 Å². The van der Waals surface area contributed by atoms with Crippen LogP contribution in [0, 0.1) is 0 Å². The van der Waals surface area contributed by atoms with E-state index in [-0.39, 0.29) is 3.74 Å². The highest BCUT2D eigenvalue weighted by molar-refractivity contribution is 9.24. The average Bonchev–Trinajstić information content (AvgIpc) is 1.35. The van der Waals surface area contributed by atoms with E-state index in [4.69, 9.17) is 0 Å². The Morgan fingerprint density at radius 1 is 1.67 bits per heavy atom. The maximum absolute atomic E-state index is 9.37. The van der Waals surface area contributed by atoms with Crippen LogP contribution in [0.5, 0.6) is 0 Å². The van der Waals surface area contributed by atoms with Gasteiger partial charge in [-0.05, 0) is 0 Å². The topological polar surface area (TPSA) is 17.1 Å². The Labute approximate surface area is 52.7 Å². The van der Waals surface area contributed by atoms with E-state index in [9.17, 15) is 4.79 Å². The van der Waals surface area contributed by atoms with Gasteiger partial charge in [0.2, 0.25) is 0 Å². The molecule has 3 heteroatoms. The molecule has 0 heterocycles. The van der Waals surface area contributed by atoms with Crippen molar-refractivity contribution >= 4 is 37.8 Å². The van der Waals surface area contributed by atoms with Gasteiger partial charge in [0, 0.05) is 6.08 Å². The highest BCUT2D eigenvalue weighted by Gasteiger charge is 1.83. The Morgan fingerprint density at radius 2 is 2.17 bits per heavy atom. The molecule has 0 atom stereocenters. The summed E-state index contributed by atoms with van der Waals surface area (Å²) in [4.78, 5) is 9.37. The normalized spacial score (nSPS) is 7.83. The summed E-state index contributed by atoms with van der Waals surface area (Å²) < 4.78 is -0.0255. The lowest BCUT2D eigenvalue weighted by Crippen LogP contribution is -1.70. The van der Waals surface area contributed by atoms with E-state index in [0.29, 0.717) is 0 Å². The Bertz CT molecular complexity index is 72.9. The van der Waals surface area contributed by atoms with Gasteiger partial charge < -0.3 is 0 Å². The zero-order valence-electron chi connectivity index (χ0n) is 2.82. The van der Waals surface area contributed by atoms with E-state index in [0.717, 1.165) is 0 Å².